The molecular formula is C28H34N2O5. The van der Waals surface area contributed by atoms with Gasteiger partial charge in [-0.25, -0.2) is 4.79 Å². The van der Waals surface area contributed by atoms with Crippen molar-refractivity contribution in [2.24, 2.45) is 11.8 Å². The molecular weight excluding hydrogens is 444 g/mol. The number of amides is 2. The van der Waals surface area contributed by atoms with Gasteiger partial charge in [-0.1, -0.05) is 61.9 Å². The Morgan fingerprint density at radius 3 is 2.34 bits per heavy atom. The molecule has 0 saturated heterocycles. The summed E-state index contributed by atoms with van der Waals surface area (Å²) in [5, 5.41) is 15.0. The molecule has 35 heavy (non-hydrogen) atoms. The smallest absolute Gasteiger partial charge is 0.407 e. The van der Waals surface area contributed by atoms with Gasteiger partial charge in [-0.15, -0.1) is 0 Å². The maximum absolute atomic E-state index is 12.4. The van der Waals surface area contributed by atoms with Crippen LogP contribution in [0, 0.1) is 11.8 Å². The van der Waals surface area contributed by atoms with E-state index >= 15 is 0 Å². The molecule has 1 saturated carbocycles. The van der Waals surface area contributed by atoms with Crippen LogP contribution in [0.5, 0.6) is 0 Å². The monoisotopic (exact) mass is 478 g/mol. The normalized spacial score (nSPS) is 19.8. The third-order valence-corrected chi connectivity index (χ3v) is 7.19. The number of carboxylic acids is 1. The van der Waals surface area contributed by atoms with Crippen molar-refractivity contribution in [3.63, 3.8) is 0 Å². The SMILES string of the molecule is CC(CCC(=O)N[C@H]1CCC[C@@H](C(=O)O)C1)CNC(=O)OCC1c2ccccc2-c2ccccc21. The standard InChI is InChI=1S/C28H34N2O5/c1-18(13-14-26(31)30-20-8-6-7-19(15-20)27(32)33)16-29-28(34)35-17-25-23-11-4-2-9-21(23)22-10-3-5-12-24(22)25/h2-5,9-12,18-20,25H,6-8,13-17H2,1H3,(H,29,34)(H,30,31)(H,32,33)/t18?,19-,20+/m1/s1. The van der Waals surface area contributed by atoms with Crippen LogP contribution in [0.2, 0.25) is 0 Å². The van der Waals surface area contributed by atoms with E-state index in [-0.39, 0.29) is 36.3 Å². The Morgan fingerprint density at radius 2 is 1.69 bits per heavy atom. The lowest BCUT2D eigenvalue weighted by Crippen LogP contribution is -2.40. The molecule has 0 radical (unpaired) electrons. The van der Waals surface area contributed by atoms with Crippen LogP contribution in [0.1, 0.15) is 62.5 Å². The van der Waals surface area contributed by atoms with Crippen LogP contribution in [0.4, 0.5) is 4.79 Å². The Bertz CT molecular complexity index is 1020. The number of ether oxygens (including phenoxy) is 1. The summed E-state index contributed by atoms with van der Waals surface area (Å²) in [7, 11) is 0. The molecule has 0 spiro atoms. The number of carbonyl (C=O) groups is 3. The summed E-state index contributed by atoms with van der Waals surface area (Å²) in [5.41, 5.74) is 4.73. The quantitative estimate of drug-likeness (QED) is 0.485. The second-order valence-corrected chi connectivity index (χ2v) is 9.82. The Labute approximate surface area is 206 Å². The Morgan fingerprint density at radius 1 is 1.03 bits per heavy atom. The van der Waals surface area contributed by atoms with Gasteiger partial charge in [0.15, 0.2) is 0 Å². The third kappa shape index (κ3) is 6.21. The van der Waals surface area contributed by atoms with Crippen LogP contribution in [0.3, 0.4) is 0 Å². The highest BCUT2D eigenvalue weighted by atomic mass is 16.5. The number of carboxylic acid groups (broad SMARTS) is 1. The summed E-state index contributed by atoms with van der Waals surface area (Å²) in [4.78, 5) is 35.9. The molecule has 7 nitrogen and oxygen atoms in total. The summed E-state index contributed by atoms with van der Waals surface area (Å²) in [6.07, 6.45) is 3.36. The molecule has 4 rings (SSSR count). The van der Waals surface area contributed by atoms with Crippen molar-refractivity contribution in [1.29, 1.82) is 0 Å². The fourth-order valence-corrected chi connectivity index (χ4v) is 5.23. The van der Waals surface area contributed by atoms with E-state index in [0.717, 1.165) is 12.8 Å². The van der Waals surface area contributed by atoms with Gasteiger partial charge in [0.1, 0.15) is 6.61 Å². The number of hydrogen-bond acceptors (Lipinski definition) is 4. The molecule has 7 heteroatoms. The summed E-state index contributed by atoms with van der Waals surface area (Å²) in [6.45, 7) is 2.68. The van der Waals surface area contributed by atoms with E-state index in [9.17, 15) is 19.5 Å². The molecule has 0 aliphatic heterocycles. The maximum Gasteiger partial charge on any atom is 0.407 e. The topological polar surface area (TPSA) is 105 Å². The summed E-state index contributed by atoms with van der Waals surface area (Å²) < 4.78 is 5.57. The predicted octanol–water partition coefficient (Wildman–Crippen LogP) is 4.70. The van der Waals surface area contributed by atoms with Crippen LogP contribution in [-0.2, 0) is 14.3 Å². The summed E-state index contributed by atoms with van der Waals surface area (Å²) in [5.74, 6) is -1.07. The predicted molar refractivity (Wildman–Crippen MR) is 133 cm³/mol. The van der Waals surface area contributed by atoms with Gasteiger partial charge < -0.3 is 20.5 Å². The van der Waals surface area contributed by atoms with Crippen molar-refractivity contribution in [2.75, 3.05) is 13.2 Å². The molecule has 0 aromatic heterocycles. The number of benzene rings is 2. The highest BCUT2D eigenvalue weighted by molar-refractivity contribution is 5.79. The largest absolute Gasteiger partial charge is 0.481 e. The molecule has 1 unspecified atom stereocenters. The number of aliphatic carboxylic acids is 1. The summed E-state index contributed by atoms with van der Waals surface area (Å²) >= 11 is 0. The van der Waals surface area contributed by atoms with Crippen LogP contribution in [-0.4, -0.2) is 42.3 Å². The van der Waals surface area contributed by atoms with Crippen molar-refractivity contribution in [3.05, 3.63) is 59.7 Å². The highest BCUT2D eigenvalue weighted by Gasteiger charge is 2.29. The van der Waals surface area contributed by atoms with E-state index in [1.54, 1.807) is 0 Å². The molecule has 2 aliphatic rings. The van der Waals surface area contributed by atoms with Gasteiger partial charge in [-0.2, -0.15) is 0 Å². The van der Waals surface area contributed by atoms with Crippen LogP contribution in [0.15, 0.2) is 48.5 Å². The minimum absolute atomic E-state index is 0.0229. The van der Waals surface area contributed by atoms with Gasteiger partial charge in [0.05, 0.1) is 5.92 Å². The average molecular weight is 479 g/mol. The van der Waals surface area contributed by atoms with E-state index < -0.39 is 12.1 Å². The van der Waals surface area contributed by atoms with E-state index in [1.165, 1.54) is 22.3 Å². The second kappa shape index (κ2) is 11.4. The minimum Gasteiger partial charge on any atom is -0.481 e. The first-order chi connectivity index (χ1) is 16.9. The Kier molecular flexibility index (Phi) is 8.06. The first-order valence-electron chi connectivity index (χ1n) is 12.5. The van der Waals surface area contributed by atoms with Crippen LogP contribution < -0.4 is 10.6 Å². The zero-order valence-corrected chi connectivity index (χ0v) is 20.2. The van der Waals surface area contributed by atoms with Crippen molar-refractivity contribution < 1.29 is 24.2 Å². The Hall–Kier alpha value is -3.35. The van der Waals surface area contributed by atoms with Gasteiger partial charge in [-0.05, 0) is 53.9 Å². The van der Waals surface area contributed by atoms with Crippen molar-refractivity contribution in [2.45, 2.75) is 57.4 Å². The second-order valence-electron chi connectivity index (χ2n) is 9.82. The molecule has 186 valence electrons. The molecule has 2 aliphatic carbocycles. The number of fused-ring (bicyclic) bond motifs is 3. The number of nitrogens with one attached hydrogen (secondary N) is 2. The molecule has 3 N–H and O–H groups in total. The van der Waals surface area contributed by atoms with E-state index in [0.29, 0.717) is 32.2 Å². The molecule has 2 amide bonds. The zero-order chi connectivity index (χ0) is 24.8. The number of hydrogen-bond donors (Lipinski definition) is 3. The first-order valence-corrected chi connectivity index (χ1v) is 12.5. The molecule has 3 atom stereocenters. The van der Waals surface area contributed by atoms with Crippen LogP contribution in [0.25, 0.3) is 11.1 Å². The lowest BCUT2D eigenvalue weighted by molar-refractivity contribution is -0.143. The van der Waals surface area contributed by atoms with Crippen molar-refractivity contribution >= 4 is 18.0 Å². The summed E-state index contributed by atoms with van der Waals surface area (Å²) in [6, 6.07) is 16.4. The molecule has 0 heterocycles. The minimum atomic E-state index is -0.781. The molecule has 1 fully saturated rings. The zero-order valence-electron chi connectivity index (χ0n) is 20.2. The van der Waals surface area contributed by atoms with Crippen molar-refractivity contribution in [1.82, 2.24) is 10.6 Å². The Balaban J connectivity index is 1.17. The van der Waals surface area contributed by atoms with Gasteiger partial charge in [0.2, 0.25) is 5.91 Å². The fraction of sp³-hybridized carbons (Fsp3) is 0.464. The van der Waals surface area contributed by atoms with Gasteiger partial charge >= 0.3 is 12.1 Å². The number of carbonyl (C=O) groups excluding carboxylic acids is 2. The molecule has 2 aromatic rings. The van der Waals surface area contributed by atoms with Gasteiger partial charge in [0, 0.05) is 24.9 Å². The molecule has 0 bridgehead atoms. The average Bonchev–Trinajstić information content (AvgIpc) is 3.19. The van der Waals surface area contributed by atoms with E-state index in [2.05, 4.69) is 34.9 Å². The van der Waals surface area contributed by atoms with Crippen molar-refractivity contribution in [3.8, 4) is 11.1 Å². The molecule has 2 aromatic carbocycles. The highest BCUT2D eigenvalue weighted by Crippen LogP contribution is 2.44. The van der Waals surface area contributed by atoms with Gasteiger partial charge in [-0.3, -0.25) is 9.59 Å². The lowest BCUT2D eigenvalue weighted by Gasteiger charge is -2.27. The number of alkyl carbamates (subject to hydrolysis) is 1. The lowest BCUT2D eigenvalue weighted by atomic mass is 9.85. The number of rotatable bonds is 9. The maximum atomic E-state index is 12.4. The van der Waals surface area contributed by atoms with Gasteiger partial charge in [0.25, 0.3) is 0 Å². The van der Waals surface area contributed by atoms with E-state index in [1.807, 2.05) is 31.2 Å². The van der Waals surface area contributed by atoms with Crippen LogP contribution >= 0.6 is 0 Å². The third-order valence-electron chi connectivity index (χ3n) is 7.19. The van der Waals surface area contributed by atoms with E-state index in [4.69, 9.17) is 4.74 Å². The fourth-order valence-electron chi connectivity index (χ4n) is 5.23. The first kappa shape index (κ1) is 24.8.